The molecule has 0 fully saturated rings. The number of hydrogen-bond acceptors (Lipinski definition) is 3. The number of benzene rings is 10. The fourth-order valence-corrected chi connectivity index (χ4v) is 12.4. The van der Waals surface area contributed by atoms with Gasteiger partial charge in [0.05, 0.1) is 71.4 Å². The molecule has 0 amide bonds. The Hall–Kier alpha value is -8.78. The van der Waals surface area contributed by atoms with E-state index in [-0.39, 0.29) is 96.7 Å². The molecule has 10 aromatic carbocycles. The number of nitriles is 1. The summed E-state index contributed by atoms with van der Waals surface area (Å²) in [4.78, 5) is 4.45. The Bertz CT molecular complexity index is 5060. The fraction of sp³-hybridized carbons (Fsp3) is 0. The summed E-state index contributed by atoms with van der Waals surface area (Å²) in [5.41, 5.74) is 5.64. The fourth-order valence-electron chi connectivity index (χ4n) is 10.2. The molecule has 0 aliphatic carbocycles. The molecule has 14 rings (SSSR count). The molecule has 0 atom stereocenters. The zero-order valence-electron chi connectivity index (χ0n) is 47.3. The molecule has 4 nitrogen and oxygen atoms in total. The molecule has 4 aromatic heterocycles. The van der Waals surface area contributed by atoms with Gasteiger partial charge in [0.1, 0.15) is 6.07 Å². The summed E-state index contributed by atoms with van der Waals surface area (Å²) in [5.74, 6) is 0. The molecule has 0 bridgehead atoms. The van der Waals surface area contributed by atoms with Crippen LogP contribution in [0, 0.1) is 17.9 Å². The normalized spacial score (nSPS) is 14.3. The lowest BCUT2D eigenvalue weighted by molar-refractivity contribution is 1.14. The third-order valence-electron chi connectivity index (χ3n) is 12.9. The largest absolute Gasteiger partial charge is 0.318 e. The van der Waals surface area contributed by atoms with Crippen molar-refractivity contribution in [1.29, 1.82) is 5.26 Å². The second kappa shape index (κ2) is 14.9. The maximum atomic E-state index is 12.3. The van der Waals surface area contributed by atoms with E-state index < -0.39 is 60.4 Å². The van der Waals surface area contributed by atoms with E-state index in [1.54, 1.807) is 4.57 Å². The topological polar surface area (TPSA) is 38.0 Å². The maximum Gasteiger partial charge on any atom is 0.220 e. The number of rotatable bonds is 5. The van der Waals surface area contributed by atoms with Gasteiger partial charge in [-0.1, -0.05) is 188 Å². The number of nitrogens with zero attached hydrogens (tertiary/aromatic N) is 4. The molecular formula is C62H34N4S2. The van der Waals surface area contributed by atoms with E-state index in [1.807, 2.05) is 133 Å². The van der Waals surface area contributed by atoms with Gasteiger partial charge in [0, 0.05) is 69.2 Å². The quantitative estimate of drug-likeness (QED) is 0.159. The van der Waals surface area contributed by atoms with Gasteiger partial charge in [-0.2, -0.15) is 5.26 Å². The zero-order valence-corrected chi connectivity index (χ0v) is 36.9. The van der Waals surface area contributed by atoms with Crippen LogP contribution in [0.3, 0.4) is 0 Å². The van der Waals surface area contributed by atoms with Gasteiger partial charge in [-0.05, 0) is 34.8 Å². The zero-order chi connectivity index (χ0) is 55.5. The van der Waals surface area contributed by atoms with Crippen LogP contribution in [-0.4, -0.2) is 9.13 Å². The van der Waals surface area contributed by atoms with Crippen molar-refractivity contribution < 1.29 is 16.4 Å². The minimum atomic E-state index is -0.543. The van der Waals surface area contributed by atoms with Crippen LogP contribution in [0.1, 0.15) is 22.0 Å². The van der Waals surface area contributed by atoms with Gasteiger partial charge in [0.15, 0.2) is 0 Å². The van der Waals surface area contributed by atoms with Gasteiger partial charge in [0.2, 0.25) is 5.69 Å². The van der Waals surface area contributed by atoms with E-state index in [4.69, 9.17) is 5.48 Å². The minimum Gasteiger partial charge on any atom is -0.318 e. The molecule has 0 N–H and O–H groups in total. The number of aromatic nitrogens is 2. The Morgan fingerprint density at radius 1 is 0.456 bits per heavy atom. The maximum absolute atomic E-state index is 12.3. The highest BCUT2D eigenvalue weighted by Gasteiger charge is 2.33. The average molecular weight is 911 g/mol. The third-order valence-corrected chi connectivity index (χ3v) is 15.1. The van der Waals surface area contributed by atoms with Crippen LogP contribution >= 0.6 is 22.7 Å². The van der Waals surface area contributed by atoms with Gasteiger partial charge < -0.3 is 9.13 Å². The molecule has 68 heavy (non-hydrogen) atoms. The van der Waals surface area contributed by atoms with Crippen LogP contribution in [0.5, 0.6) is 0 Å². The van der Waals surface area contributed by atoms with E-state index in [2.05, 4.69) is 15.5 Å². The van der Waals surface area contributed by atoms with E-state index in [9.17, 15) is 22.8 Å². The van der Waals surface area contributed by atoms with Crippen LogP contribution in [-0.2, 0) is 0 Å². The Kier molecular flexibility index (Phi) is 6.19. The second-order valence-electron chi connectivity index (χ2n) is 16.4. The van der Waals surface area contributed by atoms with E-state index in [0.717, 1.165) is 55.6 Å². The Morgan fingerprint density at radius 3 is 1.56 bits per heavy atom. The summed E-state index contributed by atoms with van der Waals surface area (Å²) in [6.45, 7) is 9.42. The van der Waals surface area contributed by atoms with Crippen molar-refractivity contribution in [3.63, 3.8) is 0 Å². The molecule has 314 valence electrons. The van der Waals surface area contributed by atoms with E-state index in [1.165, 1.54) is 0 Å². The highest BCUT2D eigenvalue weighted by molar-refractivity contribution is 7.27. The summed E-state index contributed by atoms with van der Waals surface area (Å²) in [5, 5.41) is 14.1. The van der Waals surface area contributed by atoms with Crippen LogP contribution in [0.15, 0.2) is 206 Å². The number of hydrogen-bond donors (Lipinski definition) is 0. The molecule has 0 unspecified atom stereocenters. The molecule has 0 saturated carbocycles. The number of fused-ring (bicyclic) bond motifs is 14. The molecule has 0 aliphatic heterocycles. The molecule has 0 radical (unpaired) electrons. The van der Waals surface area contributed by atoms with Crippen molar-refractivity contribution in [2.45, 2.75) is 0 Å². The Morgan fingerprint density at radius 2 is 0.971 bits per heavy atom. The monoisotopic (exact) mass is 910 g/mol. The Balaban J connectivity index is 1.37. The summed E-state index contributed by atoms with van der Waals surface area (Å²) in [6, 6.07) is 39.4. The van der Waals surface area contributed by atoms with Gasteiger partial charge in [-0.3, -0.25) is 0 Å². The van der Waals surface area contributed by atoms with E-state index in [0.29, 0.717) is 22.4 Å². The third kappa shape index (κ3) is 5.33. The van der Waals surface area contributed by atoms with Gasteiger partial charge >= 0.3 is 0 Å². The predicted molar refractivity (Wildman–Crippen MR) is 288 cm³/mol. The lowest BCUT2D eigenvalue weighted by atomic mass is 9.88. The summed E-state index contributed by atoms with van der Waals surface area (Å²) in [6.07, 6.45) is 0. The van der Waals surface area contributed by atoms with Gasteiger partial charge in [-0.25, -0.2) is 4.85 Å². The van der Waals surface area contributed by atoms with Gasteiger partial charge in [0.25, 0.3) is 0 Å². The number of thiophene rings is 2. The molecule has 0 aliphatic rings. The summed E-state index contributed by atoms with van der Waals surface area (Å²) in [7, 11) is 0. The second-order valence-corrected chi connectivity index (χ2v) is 18.4. The van der Waals surface area contributed by atoms with Crippen molar-refractivity contribution in [3.8, 4) is 50.8 Å². The highest BCUT2D eigenvalue weighted by Crippen LogP contribution is 2.55. The smallest absolute Gasteiger partial charge is 0.220 e. The van der Waals surface area contributed by atoms with Crippen molar-refractivity contribution >= 4 is 112 Å². The van der Waals surface area contributed by atoms with Crippen LogP contribution < -0.4 is 0 Å². The van der Waals surface area contributed by atoms with Crippen molar-refractivity contribution in [2.24, 2.45) is 0 Å². The van der Waals surface area contributed by atoms with Crippen LogP contribution in [0.2, 0.25) is 0 Å². The molecule has 14 aromatic rings. The van der Waals surface area contributed by atoms with Crippen molar-refractivity contribution in [2.75, 3.05) is 0 Å². The molecule has 6 heteroatoms. The molecule has 0 saturated heterocycles. The lowest BCUT2D eigenvalue weighted by Crippen LogP contribution is -2.09. The first-order chi connectivity index (χ1) is 38.7. The summed E-state index contributed by atoms with van der Waals surface area (Å²) < 4.78 is 117. The van der Waals surface area contributed by atoms with Crippen LogP contribution in [0.4, 0.5) is 5.69 Å². The molecular weight excluding hydrogens is 865 g/mol. The Labute approximate surface area is 415 Å². The first-order valence-electron chi connectivity index (χ1n) is 27.6. The lowest BCUT2D eigenvalue weighted by Gasteiger charge is -2.26. The predicted octanol–water partition coefficient (Wildman–Crippen LogP) is 18.0. The number of para-hydroxylation sites is 2. The first kappa shape index (κ1) is 28.3. The van der Waals surface area contributed by atoms with Gasteiger partial charge in [-0.15, -0.1) is 22.7 Å². The van der Waals surface area contributed by atoms with Crippen molar-refractivity contribution in [1.82, 2.24) is 9.13 Å². The average Bonchev–Trinajstić information content (AvgIpc) is 4.27. The SMILES string of the molecule is [2H]c1c([2H])c([2H])c2c(sc3c2c([2H])c([2H])c2c4c([2H])c([2H])c5c(sc6c([2H])c([2H])c([2H])c([2H])c65)c4n(-c4c(C#N)c(-c5ccccc5)c([N+]#[C-])c(-n5c6ccccc6c6cccc(-c7ccccc7)c65)c4-c4ccccc4)c32)c1[2H]. The summed E-state index contributed by atoms with van der Waals surface area (Å²) >= 11 is 1.95. The first-order valence-corrected chi connectivity index (χ1v) is 23.3. The minimum absolute atomic E-state index is 0.0000758. The van der Waals surface area contributed by atoms with Crippen molar-refractivity contribution in [3.05, 3.63) is 223 Å². The van der Waals surface area contributed by atoms with Crippen LogP contribution in [0.25, 0.3) is 134 Å². The van der Waals surface area contributed by atoms with E-state index >= 15 is 0 Å². The molecule has 4 heterocycles. The highest BCUT2D eigenvalue weighted by atomic mass is 32.1. The standard InChI is InChI=1S/C62H34N4S2/c1-64-55-53(38-20-7-3-8-21-38)49(36-63)57(54(39-22-9-4-10-23-39)60(55)65-50-29-14-11-24-41(50)44-28-17-27-40(56(44)65)37-18-5-2-6-19-37)66-58-45(32-34-47-42-25-12-15-30-51(42)67-61(47)58)46-33-35-48-43-26-13-16-31-52(43)68-62(48)59(46)66/h2-35H/i12D,13D,15D,16D,25D,26D,30D,31D,32D,33D,34D,35D. The molecule has 0 spiro atoms.